The summed E-state index contributed by atoms with van der Waals surface area (Å²) in [6, 6.07) is 6.29. The quantitative estimate of drug-likeness (QED) is 0.907. The van der Waals surface area contributed by atoms with Gasteiger partial charge in [0.15, 0.2) is 11.5 Å². The molecule has 1 fully saturated rings. The molecule has 0 bridgehead atoms. The molecule has 3 rings (SSSR count). The van der Waals surface area contributed by atoms with E-state index in [0.717, 1.165) is 24.6 Å². The Balaban J connectivity index is 1.77. The van der Waals surface area contributed by atoms with Gasteiger partial charge >= 0.3 is 0 Å². The lowest BCUT2D eigenvalue weighted by molar-refractivity contribution is -0.124. The maximum absolute atomic E-state index is 11.9. The Hall–Kier alpha value is -1.75. The number of nitrogens with zero attached hydrogens (tertiary/aromatic N) is 1. The minimum Gasteiger partial charge on any atom is -0.454 e. The molecule has 0 radical (unpaired) electrons. The highest BCUT2D eigenvalue weighted by Crippen LogP contribution is 2.36. The first-order valence-corrected chi connectivity index (χ1v) is 8.06. The molecule has 1 saturated heterocycles. The van der Waals surface area contributed by atoms with Gasteiger partial charge < -0.3 is 14.8 Å². The van der Waals surface area contributed by atoms with Crippen molar-refractivity contribution in [2.24, 2.45) is 5.92 Å². The standard InChI is InChI=1S/C17H24N2O3/c1-12(2)17(20)18-10-14(19-7-3-4-8-19)13-5-6-15-16(9-13)22-11-21-15/h5-6,9,12,14H,3-4,7-8,10-11H2,1-2H3,(H,18,20)/t14-/m1/s1. The van der Waals surface area contributed by atoms with Gasteiger partial charge in [-0.3, -0.25) is 9.69 Å². The third-order valence-electron chi connectivity index (χ3n) is 4.36. The van der Waals surface area contributed by atoms with Gasteiger partial charge in [0, 0.05) is 12.5 Å². The first-order chi connectivity index (χ1) is 10.6. The third kappa shape index (κ3) is 3.19. The Morgan fingerprint density at radius 2 is 1.95 bits per heavy atom. The minimum atomic E-state index is 0.0102. The van der Waals surface area contributed by atoms with Crippen LogP contribution in [-0.2, 0) is 4.79 Å². The Labute approximate surface area is 131 Å². The van der Waals surface area contributed by atoms with E-state index < -0.39 is 0 Å². The molecule has 0 saturated carbocycles. The maximum atomic E-state index is 11.9. The predicted octanol–water partition coefficient (Wildman–Crippen LogP) is 2.32. The van der Waals surface area contributed by atoms with Gasteiger partial charge in [0.2, 0.25) is 12.7 Å². The molecular weight excluding hydrogens is 280 g/mol. The number of carbonyl (C=O) groups excluding carboxylic acids is 1. The number of nitrogens with one attached hydrogen (secondary N) is 1. The van der Waals surface area contributed by atoms with Gasteiger partial charge in [-0.05, 0) is 43.6 Å². The molecule has 1 atom stereocenters. The second-order valence-corrected chi connectivity index (χ2v) is 6.27. The molecular formula is C17H24N2O3. The number of carbonyl (C=O) groups is 1. The lowest BCUT2D eigenvalue weighted by Crippen LogP contribution is -2.38. The molecule has 2 aliphatic heterocycles. The average molecular weight is 304 g/mol. The fourth-order valence-corrected chi connectivity index (χ4v) is 3.03. The van der Waals surface area contributed by atoms with Crippen LogP contribution in [0.2, 0.25) is 0 Å². The first-order valence-electron chi connectivity index (χ1n) is 8.06. The van der Waals surface area contributed by atoms with Crippen molar-refractivity contribution in [1.82, 2.24) is 10.2 Å². The second-order valence-electron chi connectivity index (χ2n) is 6.27. The number of benzene rings is 1. The first kappa shape index (κ1) is 15.2. The zero-order chi connectivity index (χ0) is 15.5. The van der Waals surface area contributed by atoms with E-state index in [2.05, 4.69) is 16.3 Å². The summed E-state index contributed by atoms with van der Waals surface area (Å²) in [5.74, 6) is 1.72. The second kappa shape index (κ2) is 6.57. The summed E-state index contributed by atoms with van der Waals surface area (Å²) in [6.45, 7) is 6.92. The van der Waals surface area contributed by atoms with Crippen LogP contribution < -0.4 is 14.8 Å². The van der Waals surface area contributed by atoms with Crippen LogP contribution in [0.1, 0.15) is 38.3 Å². The zero-order valence-corrected chi connectivity index (χ0v) is 13.3. The number of rotatable bonds is 5. The van der Waals surface area contributed by atoms with E-state index in [-0.39, 0.29) is 24.7 Å². The van der Waals surface area contributed by atoms with Crippen LogP contribution in [0, 0.1) is 5.92 Å². The van der Waals surface area contributed by atoms with Crippen LogP contribution in [0.15, 0.2) is 18.2 Å². The normalized spacial score (nSPS) is 18.7. The lowest BCUT2D eigenvalue weighted by Gasteiger charge is -2.28. The van der Waals surface area contributed by atoms with E-state index in [1.165, 1.54) is 18.4 Å². The van der Waals surface area contributed by atoms with E-state index >= 15 is 0 Å². The minimum absolute atomic E-state index is 0.0102. The molecule has 2 aliphatic rings. The largest absolute Gasteiger partial charge is 0.454 e. The van der Waals surface area contributed by atoms with Gasteiger partial charge in [0.1, 0.15) is 0 Å². The molecule has 1 amide bonds. The van der Waals surface area contributed by atoms with E-state index in [0.29, 0.717) is 6.54 Å². The van der Waals surface area contributed by atoms with E-state index in [9.17, 15) is 4.79 Å². The highest BCUT2D eigenvalue weighted by atomic mass is 16.7. The predicted molar refractivity (Wildman–Crippen MR) is 84.0 cm³/mol. The van der Waals surface area contributed by atoms with Crippen molar-refractivity contribution in [2.75, 3.05) is 26.4 Å². The highest BCUT2D eigenvalue weighted by molar-refractivity contribution is 5.77. The van der Waals surface area contributed by atoms with Crippen LogP contribution in [0.5, 0.6) is 11.5 Å². The Morgan fingerprint density at radius 1 is 1.23 bits per heavy atom. The van der Waals surface area contributed by atoms with Crippen LogP contribution in [0.3, 0.4) is 0 Å². The van der Waals surface area contributed by atoms with Crippen molar-refractivity contribution in [2.45, 2.75) is 32.7 Å². The van der Waals surface area contributed by atoms with Gasteiger partial charge in [-0.2, -0.15) is 0 Å². The topological polar surface area (TPSA) is 50.8 Å². The molecule has 0 aromatic heterocycles. The summed E-state index contributed by atoms with van der Waals surface area (Å²) in [6.07, 6.45) is 2.44. The van der Waals surface area contributed by atoms with Gasteiger partial charge in [-0.15, -0.1) is 0 Å². The zero-order valence-electron chi connectivity index (χ0n) is 13.3. The van der Waals surface area contributed by atoms with E-state index in [4.69, 9.17) is 9.47 Å². The molecule has 0 unspecified atom stereocenters. The Bertz CT molecular complexity index is 539. The third-order valence-corrected chi connectivity index (χ3v) is 4.36. The van der Waals surface area contributed by atoms with Crippen LogP contribution in [0.25, 0.3) is 0 Å². The number of ether oxygens (including phenoxy) is 2. The molecule has 0 spiro atoms. The fraction of sp³-hybridized carbons (Fsp3) is 0.588. The van der Waals surface area contributed by atoms with Crippen LogP contribution in [0.4, 0.5) is 0 Å². The summed E-state index contributed by atoms with van der Waals surface area (Å²) in [5, 5.41) is 3.07. The van der Waals surface area contributed by atoms with Crippen molar-refractivity contribution in [3.05, 3.63) is 23.8 Å². The monoisotopic (exact) mass is 304 g/mol. The number of likely N-dealkylation sites (tertiary alicyclic amines) is 1. The molecule has 1 N–H and O–H groups in total. The van der Waals surface area contributed by atoms with Crippen molar-refractivity contribution in [3.8, 4) is 11.5 Å². The van der Waals surface area contributed by atoms with Crippen molar-refractivity contribution in [1.29, 1.82) is 0 Å². The Kier molecular flexibility index (Phi) is 4.52. The summed E-state index contributed by atoms with van der Waals surface area (Å²) >= 11 is 0. The molecule has 120 valence electrons. The maximum Gasteiger partial charge on any atom is 0.231 e. The molecule has 0 aliphatic carbocycles. The fourth-order valence-electron chi connectivity index (χ4n) is 3.03. The van der Waals surface area contributed by atoms with E-state index in [1.54, 1.807) is 0 Å². The van der Waals surface area contributed by atoms with Gasteiger partial charge in [-0.1, -0.05) is 19.9 Å². The van der Waals surface area contributed by atoms with Crippen LogP contribution in [-0.4, -0.2) is 37.2 Å². The van der Waals surface area contributed by atoms with Gasteiger partial charge in [0.05, 0.1) is 6.04 Å². The molecule has 5 heteroatoms. The van der Waals surface area contributed by atoms with Crippen LogP contribution >= 0.6 is 0 Å². The number of amides is 1. The average Bonchev–Trinajstić information content (AvgIpc) is 3.17. The van der Waals surface area contributed by atoms with Crippen molar-refractivity contribution >= 4 is 5.91 Å². The lowest BCUT2D eigenvalue weighted by atomic mass is 10.0. The van der Waals surface area contributed by atoms with Gasteiger partial charge in [0.25, 0.3) is 0 Å². The summed E-state index contributed by atoms with van der Waals surface area (Å²) in [5.41, 5.74) is 1.18. The Morgan fingerprint density at radius 3 is 2.68 bits per heavy atom. The smallest absolute Gasteiger partial charge is 0.231 e. The number of hydrogen-bond donors (Lipinski definition) is 1. The van der Waals surface area contributed by atoms with Crippen molar-refractivity contribution < 1.29 is 14.3 Å². The van der Waals surface area contributed by atoms with Gasteiger partial charge in [-0.25, -0.2) is 0 Å². The number of hydrogen-bond acceptors (Lipinski definition) is 4. The molecule has 5 nitrogen and oxygen atoms in total. The summed E-state index contributed by atoms with van der Waals surface area (Å²) in [7, 11) is 0. The summed E-state index contributed by atoms with van der Waals surface area (Å²) in [4.78, 5) is 14.3. The summed E-state index contributed by atoms with van der Waals surface area (Å²) < 4.78 is 10.9. The molecule has 1 aromatic carbocycles. The molecule has 2 heterocycles. The highest BCUT2D eigenvalue weighted by Gasteiger charge is 2.26. The van der Waals surface area contributed by atoms with Crippen molar-refractivity contribution in [3.63, 3.8) is 0 Å². The molecule has 22 heavy (non-hydrogen) atoms. The van der Waals surface area contributed by atoms with E-state index in [1.807, 2.05) is 26.0 Å². The molecule has 1 aromatic rings. The number of fused-ring (bicyclic) bond motifs is 1. The SMILES string of the molecule is CC(C)C(=O)NC[C@H](c1ccc2c(c1)OCO2)N1CCCC1.